The van der Waals surface area contributed by atoms with Crippen molar-refractivity contribution in [2.45, 2.75) is 11.8 Å². The first-order valence-corrected chi connectivity index (χ1v) is 11.0. The average molecular weight is 414 g/mol. The first-order chi connectivity index (χ1) is 14.0. The third kappa shape index (κ3) is 3.89. The molecule has 1 saturated heterocycles. The SMILES string of the molecule is CCN1CCN(S(=O)(=O)c2cccc(NC(=O)c3cccc4cn[nH]c34)c2)CC1. The molecular formula is C20H23N5O3S. The molecule has 1 fully saturated rings. The summed E-state index contributed by atoms with van der Waals surface area (Å²) >= 11 is 0. The van der Waals surface area contributed by atoms with Gasteiger partial charge in [0.15, 0.2) is 0 Å². The highest BCUT2D eigenvalue weighted by molar-refractivity contribution is 7.89. The second-order valence-corrected chi connectivity index (χ2v) is 8.90. The molecule has 2 N–H and O–H groups in total. The number of fused-ring (bicyclic) bond motifs is 1. The number of benzene rings is 2. The van der Waals surface area contributed by atoms with Crippen LogP contribution in [0.2, 0.25) is 0 Å². The molecule has 0 unspecified atom stereocenters. The fraction of sp³-hybridized carbons (Fsp3) is 0.300. The van der Waals surface area contributed by atoms with Crippen molar-refractivity contribution >= 4 is 32.5 Å². The van der Waals surface area contributed by atoms with Gasteiger partial charge in [-0.2, -0.15) is 9.40 Å². The minimum absolute atomic E-state index is 0.181. The number of amides is 1. The van der Waals surface area contributed by atoms with Crippen molar-refractivity contribution in [1.29, 1.82) is 0 Å². The summed E-state index contributed by atoms with van der Waals surface area (Å²) in [6, 6.07) is 11.7. The van der Waals surface area contributed by atoms with Crippen molar-refractivity contribution in [3.63, 3.8) is 0 Å². The number of hydrogen-bond donors (Lipinski definition) is 2. The van der Waals surface area contributed by atoms with Crippen molar-refractivity contribution in [3.05, 3.63) is 54.2 Å². The first kappa shape index (κ1) is 19.6. The molecule has 0 atom stereocenters. The molecule has 2 heterocycles. The summed E-state index contributed by atoms with van der Waals surface area (Å²) < 4.78 is 27.5. The minimum Gasteiger partial charge on any atom is -0.322 e. The maximum atomic E-state index is 13.0. The number of nitrogens with one attached hydrogen (secondary N) is 2. The van der Waals surface area contributed by atoms with Crippen LogP contribution in [-0.2, 0) is 10.0 Å². The Kier molecular flexibility index (Phi) is 5.35. The van der Waals surface area contributed by atoms with Crippen LogP contribution in [0.1, 0.15) is 17.3 Å². The molecular weight excluding hydrogens is 390 g/mol. The lowest BCUT2D eigenvalue weighted by molar-refractivity contribution is 0.102. The molecule has 8 nitrogen and oxygen atoms in total. The number of anilines is 1. The van der Waals surface area contributed by atoms with Gasteiger partial charge in [-0.15, -0.1) is 0 Å². The van der Waals surface area contributed by atoms with Gasteiger partial charge in [-0.25, -0.2) is 8.42 Å². The van der Waals surface area contributed by atoms with Crippen LogP contribution in [0, 0.1) is 0 Å². The summed E-state index contributed by atoms with van der Waals surface area (Å²) in [7, 11) is -3.60. The maximum absolute atomic E-state index is 13.0. The number of sulfonamides is 1. The number of likely N-dealkylation sites (N-methyl/N-ethyl adjacent to an activating group) is 1. The van der Waals surface area contributed by atoms with E-state index in [2.05, 4.69) is 27.3 Å². The number of nitrogens with zero attached hydrogens (tertiary/aromatic N) is 3. The zero-order valence-electron chi connectivity index (χ0n) is 16.1. The Morgan fingerprint density at radius 2 is 1.90 bits per heavy atom. The fourth-order valence-electron chi connectivity index (χ4n) is 3.53. The van der Waals surface area contributed by atoms with E-state index in [-0.39, 0.29) is 10.8 Å². The highest BCUT2D eigenvalue weighted by atomic mass is 32.2. The standard InChI is InChI=1S/C20H23N5O3S/c1-2-24-9-11-25(12-10-24)29(27,28)17-7-4-6-16(13-17)22-20(26)18-8-3-5-15-14-21-23-19(15)18/h3-8,13-14H,2,9-12H2,1H3,(H,21,23)(H,22,26). The van der Waals surface area contributed by atoms with E-state index >= 15 is 0 Å². The van der Waals surface area contributed by atoms with Crippen LogP contribution in [0.4, 0.5) is 5.69 Å². The van der Waals surface area contributed by atoms with E-state index in [0.29, 0.717) is 29.9 Å². The lowest BCUT2D eigenvalue weighted by atomic mass is 10.1. The molecule has 0 aliphatic carbocycles. The number of H-pyrrole nitrogens is 1. The molecule has 4 rings (SSSR count). The van der Waals surface area contributed by atoms with Crippen LogP contribution in [0.15, 0.2) is 53.6 Å². The smallest absolute Gasteiger partial charge is 0.257 e. The second-order valence-electron chi connectivity index (χ2n) is 6.96. The largest absolute Gasteiger partial charge is 0.322 e. The number of hydrogen-bond acceptors (Lipinski definition) is 5. The van der Waals surface area contributed by atoms with Gasteiger partial charge in [0, 0.05) is 37.3 Å². The lowest BCUT2D eigenvalue weighted by Gasteiger charge is -2.33. The van der Waals surface area contributed by atoms with Gasteiger partial charge in [0.25, 0.3) is 5.91 Å². The number of carbonyl (C=O) groups excluding carboxylic acids is 1. The summed E-state index contributed by atoms with van der Waals surface area (Å²) in [5.41, 5.74) is 1.52. The molecule has 1 aliphatic rings. The van der Waals surface area contributed by atoms with Crippen molar-refractivity contribution in [1.82, 2.24) is 19.4 Å². The highest BCUT2D eigenvalue weighted by Crippen LogP contribution is 2.22. The van der Waals surface area contributed by atoms with Gasteiger partial charge in [0.2, 0.25) is 10.0 Å². The number of aromatic nitrogens is 2. The van der Waals surface area contributed by atoms with Crippen molar-refractivity contribution in [3.8, 4) is 0 Å². The van der Waals surface area contributed by atoms with E-state index in [0.717, 1.165) is 25.0 Å². The van der Waals surface area contributed by atoms with E-state index in [9.17, 15) is 13.2 Å². The Balaban J connectivity index is 1.54. The Bertz CT molecular complexity index is 1130. The Morgan fingerprint density at radius 3 is 2.66 bits per heavy atom. The van der Waals surface area contributed by atoms with E-state index in [1.165, 1.54) is 10.4 Å². The predicted octanol–water partition coefficient (Wildman–Crippen LogP) is 2.14. The lowest BCUT2D eigenvalue weighted by Crippen LogP contribution is -2.48. The van der Waals surface area contributed by atoms with Crippen LogP contribution >= 0.6 is 0 Å². The van der Waals surface area contributed by atoms with Gasteiger partial charge in [0.1, 0.15) is 0 Å². The number of carbonyl (C=O) groups is 1. The van der Waals surface area contributed by atoms with Crippen LogP contribution < -0.4 is 5.32 Å². The van der Waals surface area contributed by atoms with E-state index in [4.69, 9.17) is 0 Å². The zero-order valence-corrected chi connectivity index (χ0v) is 16.9. The van der Waals surface area contributed by atoms with E-state index in [1.807, 2.05) is 6.07 Å². The van der Waals surface area contributed by atoms with Crippen molar-refractivity contribution in [2.24, 2.45) is 0 Å². The van der Waals surface area contributed by atoms with E-state index < -0.39 is 10.0 Å². The van der Waals surface area contributed by atoms with Crippen molar-refractivity contribution < 1.29 is 13.2 Å². The van der Waals surface area contributed by atoms with Crippen LogP contribution in [-0.4, -0.2) is 66.5 Å². The Labute approximate surface area is 169 Å². The van der Waals surface area contributed by atoms with Crippen LogP contribution in [0.25, 0.3) is 10.9 Å². The predicted molar refractivity (Wildman–Crippen MR) is 111 cm³/mol. The minimum atomic E-state index is -3.60. The summed E-state index contributed by atoms with van der Waals surface area (Å²) in [5, 5.41) is 10.4. The van der Waals surface area contributed by atoms with Gasteiger partial charge >= 0.3 is 0 Å². The first-order valence-electron chi connectivity index (χ1n) is 9.55. The molecule has 2 aromatic carbocycles. The molecule has 9 heteroatoms. The molecule has 0 spiro atoms. The average Bonchev–Trinajstić information content (AvgIpc) is 3.23. The summed E-state index contributed by atoms with van der Waals surface area (Å²) in [6.07, 6.45) is 1.65. The maximum Gasteiger partial charge on any atom is 0.257 e. The molecule has 29 heavy (non-hydrogen) atoms. The fourth-order valence-corrected chi connectivity index (χ4v) is 4.99. The van der Waals surface area contributed by atoms with Crippen LogP contribution in [0.5, 0.6) is 0 Å². The van der Waals surface area contributed by atoms with Crippen molar-refractivity contribution in [2.75, 3.05) is 38.0 Å². The normalized spacial score (nSPS) is 16.2. The third-order valence-corrected chi connectivity index (χ3v) is 7.12. The van der Waals surface area contributed by atoms with Gasteiger partial charge in [-0.3, -0.25) is 9.89 Å². The molecule has 0 saturated carbocycles. The Hall–Kier alpha value is -2.75. The molecule has 0 bridgehead atoms. The second kappa shape index (κ2) is 7.94. The molecule has 1 aliphatic heterocycles. The molecule has 1 amide bonds. The monoisotopic (exact) mass is 413 g/mol. The zero-order chi connectivity index (χ0) is 20.4. The van der Waals surface area contributed by atoms with Gasteiger partial charge in [0.05, 0.1) is 22.2 Å². The highest BCUT2D eigenvalue weighted by Gasteiger charge is 2.28. The topological polar surface area (TPSA) is 98.4 Å². The molecule has 1 aromatic heterocycles. The van der Waals surface area contributed by atoms with Gasteiger partial charge < -0.3 is 10.2 Å². The number of para-hydroxylation sites is 1. The summed E-state index contributed by atoms with van der Waals surface area (Å²) in [4.78, 5) is 15.1. The summed E-state index contributed by atoms with van der Waals surface area (Å²) in [6.45, 7) is 5.36. The third-order valence-electron chi connectivity index (χ3n) is 5.23. The van der Waals surface area contributed by atoms with E-state index in [1.54, 1.807) is 36.5 Å². The number of rotatable bonds is 5. The quantitative estimate of drug-likeness (QED) is 0.668. The summed E-state index contributed by atoms with van der Waals surface area (Å²) in [5.74, 6) is -0.328. The molecule has 0 radical (unpaired) electrons. The number of piperazine rings is 1. The van der Waals surface area contributed by atoms with Gasteiger partial charge in [-0.05, 0) is 30.8 Å². The number of aromatic amines is 1. The molecule has 152 valence electrons. The Morgan fingerprint density at radius 1 is 1.14 bits per heavy atom. The van der Waals surface area contributed by atoms with Gasteiger partial charge in [-0.1, -0.05) is 25.1 Å². The van der Waals surface area contributed by atoms with Crippen LogP contribution in [0.3, 0.4) is 0 Å². The molecule has 3 aromatic rings.